The Bertz CT molecular complexity index is 240. The summed E-state index contributed by atoms with van der Waals surface area (Å²) in [6.45, 7) is 0. The van der Waals surface area contributed by atoms with Crippen molar-refractivity contribution in [3.8, 4) is 0 Å². The number of hydrogen-bond donors (Lipinski definition) is 0. The first-order valence-electron chi connectivity index (χ1n) is 3.46. The summed E-state index contributed by atoms with van der Waals surface area (Å²) >= 11 is 1.32. The molecule has 0 aromatic heterocycles. The van der Waals surface area contributed by atoms with Gasteiger partial charge in [-0.15, -0.1) is 0 Å². The molecule has 1 unspecified atom stereocenters. The molecule has 1 radical (unpaired) electrons. The van der Waals surface area contributed by atoms with Crippen LogP contribution in [0.25, 0.3) is 0 Å². The van der Waals surface area contributed by atoms with E-state index in [2.05, 4.69) is 4.99 Å². The fraction of sp³-hybridized carbons (Fsp3) is 0.571. The van der Waals surface area contributed by atoms with Gasteiger partial charge in [-0.2, -0.15) is 0 Å². The van der Waals surface area contributed by atoms with Crippen LogP contribution in [-0.4, -0.2) is 41.6 Å². The molecule has 65 valence electrons. The Balaban J connectivity index is 2.73. The third-order valence-corrected chi connectivity index (χ3v) is 2.92. The maximum atomic E-state index is 11.3. The Hall–Kier alpha value is -0.840. The highest BCUT2D eigenvalue weighted by atomic mass is 32.2. The molecular weight excluding hydrogens is 176 g/mol. The van der Waals surface area contributed by atoms with Gasteiger partial charge in [0, 0.05) is 20.5 Å². The summed E-state index contributed by atoms with van der Waals surface area (Å²) in [6, 6.07) is 0. The van der Waals surface area contributed by atoms with Gasteiger partial charge in [-0.3, -0.25) is 19.5 Å². The highest BCUT2D eigenvalue weighted by Crippen LogP contribution is 2.27. The van der Waals surface area contributed by atoms with Crippen LogP contribution in [0.3, 0.4) is 0 Å². The fourth-order valence-corrected chi connectivity index (χ4v) is 1.99. The molecular formula is C7H9N2O2S. The normalized spacial score (nSPS) is 26.8. The maximum absolute atomic E-state index is 11.3. The standard InChI is InChI=1S/C7H9N2O2S/c1-8-7-9(2)6(11)5(12-7)3-4-10/h5H,3H2,1-2H3/b8-7+. The van der Waals surface area contributed by atoms with Crippen LogP contribution < -0.4 is 0 Å². The molecule has 1 aliphatic heterocycles. The molecule has 5 heteroatoms. The van der Waals surface area contributed by atoms with Crippen molar-refractivity contribution in [2.45, 2.75) is 11.7 Å². The average molecular weight is 185 g/mol. The van der Waals surface area contributed by atoms with Gasteiger partial charge in [0.15, 0.2) is 11.5 Å². The maximum Gasteiger partial charge on any atom is 0.242 e. The summed E-state index contributed by atoms with van der Waals surface area (Å²) in [5, 5.41) is 0.353. The minimum Gasteiger partial charge on any atom is -0.294 e. The number of hydrogen-bond acceptors (Lipinski definition) is 4. The van der Waals surface area contributed by atoms with Gasteiger partial charge >= 0.3 is 0 Å². The second-order valence-electron chi connectivity index (χ2n) is 2.36. The lowest BCUT2D eigenvalue weighted by Crippen LogP contribution is -2.27. The predicted molar refractivity (Wildman–Crippen MR) is 47.8 cm³/mol. The molecule has 0 N–H and O–H groups in total. The number of rotatable bonds is 2. The Morgan fingerprint density at radius 3 is 2.83 bits per heavy atom. The first kappa shape index (κ1) is 9.25. The lowest BCUT2D eigenvalue weighted by molar-refractivity contribution is -0.125. The summed E-state index contributed by atoms with van der Waals surface area (Å²) < 4.78 is 0. The number of nitrogens with zero attached hydrogens (tertiary/aromatic N) is 2. The summed E-state index contributed by atoms with van der Waals surface area (Å²) in [5.74, 6) is -0.0658. The monoisotopic (exact) mass is 185 g/mol. The van der Waals surface area contributed by atoms with Crippen LogP contribution in [-0.2, 0) is 9.59 Å². The van der Waals surface area contributed by atoms with E-state index in [0.717, 1.165) is 0 Å². The molecule has 0 spiro atoms. The first-order chi connectivity index (χ1) is 5.70. The van der Waals surface area contributed by atoms with E-state index in [1.54, 1.807) is 20.4 Å². The number of aliphatic imine (C=N–C) groups is 1. The molecule has 1 heterocycles. The topological polar surface area (TPSA) is 49.7 Å². The molecule has 4 nitrogen and oxygen atoms in total. The van der Waals surface area contributed by atoms with Crippen molar-refractivity contribution >= 4 is 29.1 Å². The van der Waals surface area contributed by atoms with Crippen LogP contribution >= 0.6 is 11.8 Å². The van der Waals surface area contributed by atoms with E-state index in [9.17, 15) is 9.59 Å². The van der Waals surface area contributed by atoms with Crippen LogP contribution in [0.1, 0.15) is 6.42 Å². The zero-order valence-electron chi connectivity index (χ0n) is 6.90. The molecule has 1 saturated heterocycles. The number of amides is 1. The van der Waals surface area contributed by atoms with Crippen LogP contribution in [0.4, 0.5) is 0 Å². The van der Waals surface area contributed by atoms with Crippen molar-refractivity contribution in [3.63, 3.8) is 0 Å². The third kappa shape index (κ3) is 1.50. The summed E-state index contributed by atoms with van der Waals surface area (Å²) in [7, 11) is 3.28. The Morgan fingerprint density at radius 1 is 1.75 bits per heavy atom. The van der Waals surface area contributed by atoms with Crippen molar-refractivity contribution in [3.05, 3.63) is 0 Å². The van der Waals surface area contributed by atoms with Gasteiger partial charge in [0.2, 0.25) is 5.91 Å². The highest BCUT2D eigenvalue weighted by Gasteiger charge is 2.34. The zero-order chi connectivity index (χ0) is 9.14. The van der Waals surface area contributed by atoms with E-state index in [-0.39, 0.29) is 17.6 Å². The van der Waals surface area contributed by atoms with Crippen LogP contribution in [0.15, 0.2) is 4.99 Å². The highest BCUT2D eigenvalue weighted by molar-refractivity contribution is 8.15. The van der Waals surface area contributed by atoms with Gasteiger partial charge in [-0.05, 0) is 0 Å². The quantitative estimate of drug-likeness (QED) is 0.610. The van der Waals surface area contributed by atoms with E-state index in [1.807, 2.05) is 0 Å². The van der Waals surface area contributed by atoms with Gasteiger partial charge in [-0.25, -0.2) is 0 Å². The Kier molecular flexibility index (Phi) is 2.86. The number of thioether (sulfide) groups is 1. The fourth-order valence-electron chi connectivity index (χ4n) is 0.974. The van der Waals surface area contributed by atoms with Crippen molar-refractivity contribution in [1.82, 2.24) is 4.90 Å². The van der Waals surface area contributed by atoms with E-state index < -0.39 is 0 Å². The molecule has 1 atom stereocenters. The van der Waals surface area contributed by atoms with E-state index in [0.29, 0.717) is 5.17 Å². The van der Waals surface area contributed by atoms with Crippen LogP contribution in [0.5, 0.6) is 0 Å². The average Bonchev–Trinajstić information content (AvgIpc) is 2.33. The van der Waals surface area contributed by atoms with Gasteiger partial charge in [0.1, 0.15) is 0 Å². The molecule has 0 aromatic carbocycles. The van der Waals surface area contributed by atoms with Crippen molar-refractivity contribution in [2.24, 2.45) is 4.99 Å². The zero-order valence-corrected chi connectivity index (χ0v) is 7.72. The second-order valence-corrected chi connectivity index (χ2v) is 3.53. The molecule has 1 rings (SSSR count). The van der Waals surface area contributed by atoms with Gasteiger partial charge < -0.3 is 0 Å². The van der Waals surface area contributed by atoms with Crippen molar-refractivity contribution < 1.29 is 9.59 Å². The molecule has 1 amide bonds. The number of amidine groups is 1. The molecule has 1 fully saturated rings. The molecule has 0 aromatic rings. The van der Waals surface area contributed by atoms with Crippen molar-refractivity contribution in [2.75, 3.05) is 14.1 Å². The number of carbonyl (C=O) groups is 1. The summed E-state index contributed by atoms with van der Waals surface area (Å²) in [6.07, 6.45) is 1.88. The largest absolute Gasteiger partial charge is 0.294 e. The molecule has 12 heavy (non-hydrogen) atoms. The summed E-state index contributed by atoms with van der Waals surface area (Å²) in [5.41, 5.74) is 0. The lowest BCUT2D eigenvalue weighted by Gasteiger charge is -2.06. The number of carbonyl (C=O) groups excluding carboxylic acids is 2. The minimum atomic E-state index is -0.314. The predicted octanol–water partition coefficient (Wildman–Crippen LogP) is 0.0458. The SMILES string of the molecule is C/N=C1/SC(C[C]=O)C(=O)N1C. The third-order valence-electron chi connectivity index (χ3n) is 1.60. The van der Waals surface area contributed by atoms with E-state index in [1.165, 1.54) is 16.7 Å². The van der Waals surface area contributed by atoms with Crippen LogP contribution in [0.2, 0.25) is 0 Å². The molecule has 0 bridgehead atoms. The van der Waals surface area contributed by atoms with E-state index >= 15 is 0 Å². The second kappa shape index (κ2) is 3.71. The van der Waals surface area contributed by atoms with Gasteiger partial charge in [0.05, 0.1) is 5.25 Å². The Labute approximate surface area is 75.0 Å². The first-order valence-corrected chi connectivity index (χ1v) is 4.34. The summed E-state index contributed by atoms with van der Waals surface area (Å²) in [4.78, 5) is 26.7. The van der Waals surface area contributed by atoms with Gasteiger partial charge in [-0.1, -0.05) is 11.8 Å². The van der Waals surface area contributed by atoms with Crippen molar-refractivity contribution in [1.29, 1.82) is 0 Å². The molecule has 1 aliphatic rings. The lowest BCUT2D eigenvalue weighted by atomic mass is 10.3. The molecule has 0 aliphatic carbocycles. The Morgan fingerprint density at radius 2 is 2.42 bits per heavy atom. The minimum absolute atomic E-state index is 0.0658. The van der Waals surface area contributed by atoms with Crippen LogP contribution in [0, 0.1) is 0 Å². The van der Waals surface area contributed by atoms with Gasteiger partial charge in [0.25, 0.3) is 0 Å². The van der Waals surface area contributed by atoms with E-state index in [4.69, 9.17) is 0 Å². The smallest absolute Gasteiger partial charge is 0.242 e. The molecule has 0 saturated carbocycles.